The summed E-state index contributed by atoms with van der Waals surface area (Å²) in [6.07, 6.45) is 3.73. The Hall–Kier alpha value is -1.30. The van der Waals surface area contributed by atoms with Gasteiger partial charge in [-0.15, -0.1) is 0 Å². The monoisotopic (exact) mass is 298 g/mol. The van der Waals surface area contributed by atoms with E-state index in [1.807, 2.05) is 25.7 Å². The van der Waals surface area contributed by atoms with E-state index < -0.39 is 11.6 Å². The van der Waals surface area contributed by atoms with E-state index in [0.717, 1.165) is 25.7 Å². The number of nitrogens with one attached hydrogen (secondary N) is 1. The summed E-state index contributed by atoms with van der Waals surface area (Å²) < 4.78 is 5.49. The minimum Gasteiger partial charge on any atom is -0.481 e. The van der Waals surface area contributed by atoms with Gasteiger partial charge in [-0.05, 0) is 46.5 Å². The summed E-state index contributed by atoms with van der Waals surface area (Å²) in [5.74, 6) is -0.781. The SMILES string of the molecule is CC(C)(C)OC(=O)N1C2CCC1CC(NCCC(=O)O)C2. The molecule has 2 rings (SSSR count). The van der Waals surface area contributed by atoms with Crippen LogP contribution in [0.4, 0.5) is 4.79 Å². The predicted molar refractivity (Wildman–Crippen MR) is 78.2 cm³/mol. The lowest BCUT2D eigenvalue weighted by atomic mass is 9.97. The van der Waals surface area contributed by atoms with E-state index in [1.165, 1.54) is 0 Å². The standard InChI is InChI=1S/C15H26N2O4/c1-15(2,3)21-14(20)17-11-4-5-12(17)9-10(8-11)16-7-6-13(18)19/h10-12,16H,4-9H2,1-3H3,(H,18,19). The van der Waals surface area contributed by atoms with Gasteiger partial charge in [0, 0.05) is 24.7 Å². The first kappa shape index (κ1) is 16.1. The Bertz CT molecular complexity index is 391. The number of rotatable bonds is 4. The first-order chi connectivity index (χ1) is 9.76. The third-order valence-electron chi connectivity index (χ3n) is 4.11. The molecule has 2 fully saturated rings. The summed E-state index contributed by atoms with van der Waals surface area (Å²) in [4.78, 5) is 24.7. The number of carbonyl (C=O) groups excluding carboxylic acids is 1. The summed E-state index contributed by atoms with van der Waals surface area (Å²) in [6, 6.07) is 0.752. The Morgan fingerprint density at radius 3 is 2.29 bits per heavy atom. The molecule has 2 saturated heterocycles. The highest BCUT2D eigenvalue weighted by molar-refractivity contribution is 5.69. The second-order valence-electron chi connectivity index (χ2n) is 7.04. The van der Waals surface area contributed by atoms with Crippen molar-refractivity contribution in [1.82, 2.24) is 10.2 Å². The van der Waals surface area contributed by atoms with Crippen LogP contribution >= 0.6 is 0 Å². The zero-order chi connectivity index (χ0) is 15.6. The molecule has 0 aliphatic carbocycles. The molecule has 2 bridgehead atoms. The van der Waals surface area contributed by atoms with Crippen molar-refractivity contribution in [2.45, 2.75) is 76.6 Å². The number of carboxylic acid groups (broad SMARTS) is 1. The van der Waals surface area contributed by atoms with Crippen molar-refractivity contribution in [3.05, 3.63) is 0 Å². The van der Waals surface area contributed by atoms with E-state index in [-0.39, 0.29) is 24.6 Å². The van der Waals surface area contributed by atoms with Crippen LogP contribution < -0.4 is 5.32 Å². The Morgan fingerprint density at radius 2 is 1.81 bits per heavy atom. The maximum absolute atomic E-state index is 12.3. The number of carboxylic acids is 1. The van der Waals surface area contributed by atoms with E-state index in [1.54, 1.807) is 0 Å². The van der Waals surface area contributed by atoms with Gasteiger partial charge in [0.1, 0.15) is 5.60 Å². The van der Waals surface area contributed by atoms with Crippen LogP contribution in [-0.4, -0.2) is 52.3 Å². The molecule has 0 saturated carbocycles. The van der Waals surface area contributed by atoms with Crippen LogP contribution in [0.3, 0.4) is 0 Å². The molecule has 2 aliphatic heterocycles. The van der Waals surface area contributed by atoms with Gasteiger partial charge in [0.25, 0.3) is 0 Å². The summed E-state index contributed by atoms with van der Waals surface area (Å²) in [7, 11) is 0. The first-order valence-electron chi connectivity index (χ1n) is 7.73. The number of hydrogen-bond acceptors (Lipinski definition) is 4. The van der Waals surface area contributed by atoms with E-state index in [9.17, 15) is 9.59 Å². The van der Waals surface area contributed by atoms with Crippen molar-refractivity contribution >= 4 is 12.1 Å². The highest BCUT2D eigenvalue weighted by Gasteiger charge is 2.44. The first-order valence-corrected chi connectivity index (χ1v) is 7.73. The number of ether oxygens (including phenoxy) is 1. The van der Waals surface area contributed by atoms with Gasteiger partial charge in [0.05, 0.1) is 6.42 Å². The van der Waals surface area contributed by atoms with Crippen molar-refractivity contribution in [2.24, 2.45) is 0 Å². The van der Waals surface area contributed by atoms with Gasteiger partial charge in [-0.1, -0.05) is 0 Å². The highest BCUT2D eigenvalue weighted by Crippen LogP contribution is 2.36. The molecule has 2 atom stereocenters. The lowest BCUT2D eigenvalue weighted by molar-refractivity contribution is -0.136. The highest BCUT2D eigenvalue weighted by atomic mass is 16.6. The van der Waals surface area contributed by atoms with Crippen molar-refractivity contribution in [3.63, 3.8) is 0 Å². The lowest BCUT2D eigenvalue weighted by Gasteiger charge is -2.39. The maximum atomic E-state index is 12.3. The van der Waals surface area contributed by atoms with Gasteiger partial charge in [-0.2, -0.15) is 0 Å². The normalized spacial score (nSPS) is 28.5. The third-order valence-corrected chi connectivity index (χ3v) is 4.11. The van der Waals surface area contributed by atoms with Crippen LogP contribution in [0.2, 0.25) is 0 Å². The quantitative estimate of drug-likeness (QED) is 0.829. The smallest absolute Gasteiger partial charge is 0.410 e. The number of hydrogen-bond donors (Lipinski definition) is 2. The molecule has 2 heterocycles. The Balaban J connectivity index is 1.87. The minimum atomic E-state index is -0.781. The summed E-state index contributed by atoms with van der Waals surface area (Å²) >= 11 is 0. The zero-order valence-corrected chi connectivity index (χ0v) is 13.1. The molecule has 0 spiro atoms. The Kier molecular flexibility index (Phi) is 4.76. The molecule has 0 aromatic rings. The van der Waals surface area contributed by atoms with Crippen LogP contribution in [0, 0.1) is 0 Å². The molecule has 120 valence electrons. The van der Waals surface area contributed by atoms with Crippen molar-refractivity contribution in [1.29, 1.82) is 0 Å². The molecule has 0 aromatic carbocycles. The average Bonchev–Trinajstić information content (AvgIpc) is 2.59. The van der Waals surface area contributed by atoms with E-state index >= 15 is 0 Å². The fourth-order valence-corrected chi connectivity index (χ4v) is 3.34. The van der Waals surface area contributed by atoms with Crippen molar-refractivity contribution in [3.8, 4) is 0 Å². The molecular formula is C15H26N2O4. The van der Waals surface area contributed by atoms with E-state index in [0.29, 0.717) is 12.6 Å². The van der Waals surface area contributed by atoms with Gasteiger partial charge >= 0.3 is 12.1 Å². The average molecular weight is 298 g/mol. The summed E-state index contributed by atoms with van der Waals surface area (Å²) in [5.41, 5.74) is -0.465. The van der Waals surface area contributed by atoms with Crippen LogP contribution in [0.15, 0.2) is 0 Å². The zero-order valence-electron chi connectivity index (χ0n) is 13.1. The second-order valence-corrected chi connectivity index (χ2v) is 7.04. The molecule has 2 N–H and O–H groups in total. The van der Waals surface area contributed by atoms with Crippen LogP contribution in [0.25, 0.3) is 0 Å². The fourth-order valence-electron chi connectivity index (χ4n) is 3.34. The lowest BCUT2D eigenvalue weighted by Crippen LogP contribution is -2.52. The number of aliphatic carboxylic acids is 1. The largest absolute Gasteiger partial charge is 0.481 e. The summed E-state index contributed by atoms with van der Waals surface area (Å²) in [5, 5.41) is 12.0. The third kappa shape index (κ3) is 4.33. The second kappa shape index (κ2) is 6.22. The van der Waals surface area contributed by atoms with Crippen LogP contribution in [-0.2, 0) is 9.53 Å². The van der Waals surface area contributed by atoms with Crippen molar-refractivity contribution in [2.75, 3.05) is 6.54 Å². The Labute approximate surface area is 125 Å². The number of piperidine rings is 1. The molecule has 6 heteroatoms. The molecule has 0 aromatic heterocycles. The van der Waals surface area contributed by atoms with Gasteiger partial charge in [0.15, 0.2) is 0 Å². The number of nitrogens with zero attached hydrogens (tertiary/aromatic N) is 1. The fraction of sp³-hybridized carbons (Fsp3) is 0.867. The molecular weight excluding hydrogens is 272 g/mol. The maximum Gasteiger partial charge on any atom is 0.410 e. The van der Waals surface area contributed by atoms with Crippen LogP contribution in [0.5, 0.6) is 0 Å². The predicted octanol–water partition coefficient (Wildman–Crippen LogP) is 1.98. The van der Waals surface area contributed by atoms with Gasteiger partial charge in [0.2, 0.25) is 0 Å². The number of fused-ring (bicyclic) bond motifs is 2. The summed E-state index contributed by atoms with van der Waals surface area (Å²) in [6.45, 7) is 6.14. The molecule has 2 unspecified atom stereocenters. The topological polar surface area (TPSA) is 78.9 Å². The molecule has 1 amide bonds. The number of amides is 1. The van der Waals surface area contributed by atoms with Gasteiger partial charge in [-0.25, -0.2) is 4.79 Å². The Morgan fingerprint density at radius 1 is 1.24 bits per heavy atom. The minimum absolute atomic E-state index is 0.140. The van der Waals surface area contributed by atoms with E-state index in [2.05, 4.69) is 5.32 Å². The van der Waals surface area contributed by atoms with Crippen molar-refractivity contribution < 1.29 is 19.4 Å². The molecule has 6 nitrogen and oxygen atoms in total. The number of carbonyl (C=O) groups is 2. The van der Waals surface area contributed by atoms with Crippen LogP contribution in [0.1, 0.15) is 52.9 Å². The molecule has 2 aliphatic rings. The molecule has 0 radical (unpaired) electrons. The van der Waals surface area contributed by atoms with Gasteiger partial charge < -0.3 is 20.1 Å². The van der Waals surface area contributed by atoms with E-state index in [4.69, 9.17) is 9.84 Å². The van der Waals surface area contributed by atoms with Gasteiger partial charge in [-0.3, -0.25) is 4.79 Å². The molecule has 21 heavy (non-hydrogen) atoms.